The van der Waals surface area contributed by atoms with Crippen LogP contribution < -0.4 is 0 Å². The Bertz CT molecular complexity index is 642. The molecule has 0 heterocycles. The van der Waals surface area contributed by atoms with Gasteiger partial charge in [0, 0.05) is 6.61 Å². The zero-order chi connectivity index (χ0) is 32.9. The summed E-state index contributed by atoms with van der Waals surface area (Å²) in [5, 5.41) is 20.5. The van der Waals surface area contributed by atoms with Crippen molar-refractivity contribution in [2.75, 3.05) is 13.2 Å². The van der Waals surface area contributed by atoms with Crippen LogP contribution in [0.1, 0.15) is 206 Å². The highest BCUT2D eigenvalue weighted by Gasteiger charge is 2.37. The molecule has 0 saturated carbocycles. The van der Waals surface area contributed by atoms with E-state index in [1.165, 1.54) is 161 Å². The number of hydrogen-bond donors (Lipinski definition) is 2. The molecule has 0 rings (SSSR count). The topological polar surface area (TPSA) is 49.7 Å². The zero-order valence-electron chi connectivity index (χ0n) is 30.6. The first kappa shape index (κ1) is 44.1. The van der Waals surface area contributed by atoms with Crippen molar-refractivity contribution in [3.63, 3.8) is 0 Å². The molecular formula is C42H80O3. The lowest BCUT2D eigenvalue weighted by Gasteiger charge is -2.37. The third-order valence-corrected chi connectivity index (χ3v) is 9.43. The minimum absolute atomic E-state index is 0.256. The monoisotopic (exact) mass is 633 g/mol. The Kier molecular flexibility index (Phi) is 35.2. The van der Waals surface area contributed by atoms with E-state index in [1.54, 1.807) is 0 Å². The van der Waals surface area contributed by atoms with Crippen LogP contribution in [0.2, 0.25) is 0 Å². The van der Waals surface area contributed by atoms with Crippen molar-refractivity contribution in [2.45, 2.75) is 218 Å². The minimum atomic E-state index is -0.854. The van der Waals surface area contributed by atoms with Crippen LogP contribution in [0, 0.1) is 0 Å². The first-order valence-corrected chi connectivity index (χ1v) is 20.0. The molecule has 0 amide bonds. The summed E-state index contributed by atoms with van der Waals surface area (Å²) in [6.07, 6.45) is 48.0. The van der Waals surface area contributed by atoms with Crippen molar-refractivity contribution < 1.29 is 14.9 Å². The summed E-state index contributed by atoms with van der Waals surface area (Å²) in [4.78, 5) is 0. The third-order valence-electron chi connectivity index (χ3n) is 9.43. The molecule has 0 aromatic rings. The summed E-state index contributed by atoms with van der Waals surface area (Å²) in [7, 11) is 0. The lowest BCUT2D eigenvalue weighted by molar-refractivity contribution is -0.141. The van der Waals surface area contributed by atoms with Gasteiger partial charge in [-0.25, -0.2) is 0 Å². The van der Waals surface area contributed by atoms with Crippen LogP contribution in [0.5, 0.6) is 0 Å². The number of allylic oxidation sites excluding steroid dienone is 4. The van der Waals surface area contributed by atoms with E-state index in [1.807, 2.05) is 6.08 Å². The van der Waals surface area contributed by atoms with Crippen LogP contribution in [-0.2, 0) is 4.74 Å². The smallest absolute Gasteiger partial charge is 0.106 e. The first-order valence-electron chi connectivity index (χ1n) is 20.0. The second-order valence-corrected chi connectivity index (χ2v) is 13.7. The molecule has 2 unspecified atom stereocenters. The van der Waals surface area contributed by atoms with Gasteiger partial charge in [-0.15, -0.1) is 6.58 Å². The Morgan fingerprint density at radius 2 is 0.889 bits per heavy atom. The fourth-order valence-corrected chi connectivity index (χ4v) is 6.34. The van der Waals surface area contributed by atoms with Crippen molar-refractivity contribution in [1.29, 1.82) is 0 Å². The molecule has 0 aliphatic heterocycles. The zero-order valence-corrected chi connectivity index (χ0v) is 30.6. The Balaban J connectivity index is 3.94. The maximum atomic E-state index is 10.7. The van der Waals surface area contributed by atoms with Crippen LogP contribution >= 0.6 is 0 Å². The average molecular weight is 633 g/mol. The van der Waals surface area contributed by atoms with Gasteiger partial charge in [0.2, 0.25) is 0 Å². The number of hydrogen-bond acceptors (Lipinski definition) is 3. The van der Waals surface area contributed by atoms with E-state index in [0.29, 0.717) is 13.0 Å². The van der Waals surface area contributed by atoms with Gasteiger partial charge in [-0.2, -0.15) is 0 Å². The van der Waals surface area contributed by atoms with E-state index >= 15 is 0 Å². The van der Waals surface area contributed by atoms with E-state index < -0.39 is 11.7 Å². The van der Waals surface area contributed by atoms with Gasteiger partial charge < -0.3 is 14.9 Å². The third kappa shape index (κ3) is 29.0. The molecule has 0 aromatic carbocycles. The Labute approximate surface area is 282 Å². The van der Waals surface area contributed by atoms with Gasteiger partial charge in [0.05, 0.1) is 12.2 Å². The maximum absolute atomic E-state index is 10.7. The molecule has 45 heavy (non-hydrogen) atoms. The summed E-state index contributed by atoms with van der Waals surface area (Å²) >= 11 is 0. The first-order chi connectivity index (χ1) is 22.2. The summed E-state index contributed by atoms with van der Waals surface area (Å²) in [5.74, 6) is 0. The number of ether oxygens (including phenoxy) is 1. The standard InChI is InChI=1S/C42H80O3/c1-4-7-9-11-13-15-17-19-21-23-25-27-29-31-33-35-38-42(37-6-3,41(44)40-43)45-39-36-34-32-30-28-26-24-22-20-18-16-14-12-10-8-5-2/h6,19-22,41,43-44H,3-5,7-18,23-40H2,1-2H3/b21-19-,22-20-. The Hall–Kier alpha value is -0.900. The molecule has 0 aliphatic rings. The molecule has 0 spiro atoms. The highest BCUT2D eigenvalue weighted by Crippen LogP contribution is 2.29. The van der Waals surface area contributed by atoms with E-state index in [0.717, 1.165) is 25.7 Å². The summed E-state index contributed by atoms with van der Waals surface area (Å²) < 4.78 is 6.37. The van der Waals surface area contributed by atoms with Crippen molar-refractivity contribution in [3.05, 3.63) is 37.0 Å². The fraction of sp³-hybridized carbons (Fsp3) is 0.857. The van der Waals surface area contributed by atoms with Crippen molar-refractivity contribution >= 4 is 0 Å². The predicted octanol–water partition coefficient (Wildman–Crippen LogP) is 13.1. The molecule has 2 atom stereocenters. The van der Waals surface area contributed by atoms with Gasteiger partial charge in [0.15, 0.2) is 0 Å². The van der Waals surface area contributed by atoms with E-state index in [9.17, 15) is 10.2 Å². The molecule has 0 aromatic heterocycles. The second kappa shape index (κ2) is 35.9. The van der Waals surface area contributed by atoms with E-state index in [2.05, 4.69) is 44.7 Å². The number of unbranched alkanes of at least 4 members (excludes halogenated alkanes) is 24. The second-order valence-electron chi connectivity index (χ2n) is 13.7. The SMILES string of the molecule is C=CCC(CCCCCCCC/C=C\CCCCCCCC)(OCCCCCCCC/C=C\CCCCCCCC)C(O)CO. The molecule has 266 valence electrons. The number of aliphatic hydroxyl groups excluding tert-OH is 2. The molecule has 3 heteroatoms. The highest BCUT2D eigenvalue weighted by molar-refractivity contribution is 4.94. The van der Waals surface area contributed by atoms with Crippen molar-refractivity contribution in [2.24, 2.45) is 0 Å². The van der Waals surface area contributed by atoms with Gasteiger partial charge in [-0.1, -0.05) is 166 Å². The normalized spacial score (nSPS) is 14.0. The molecule has 0 radical (unpaired) electrons. The van der Waals surface area contributed by atoms with Gasteiger partial charge in [-0.3, -0.25) is 0 Å². The largest absolute Gasteiger partial charge is 0.394 e. The Morgan fingerprint density at radius 1 is 0.533 bits per heavy atom. The van der Waals surface area contributed by atoms with Crippen LogP contribution in [0.4, 0.5) is 0 Å². The van der Waals surface area contributed by atoms with Crippen LogP contribution in [0.15, 0.2) is 37.0 Å². The quantitative estimate of drug-likeness (QED) is 0.0529. The highest BCUT2D eigenvalue weighted by atomic mass is 16.5. The number of rotatable bonds is 37. The predicted molar refractivity (Wildman–Crippen MR) is 200 cm³/mol. The van der Waals surface area contributed by atoms with Gasteiger partial charge in [0.1, 0.15) is 6.10 Å². The van der Waals surface area contributed by atoms with Crippen LogP contribution in [0.25, 0.3) is 0 Å². The summed E-state index contributed by atoms with van der Waals surface area (Å²) in [6.45, 7) is 8.88. The van der Waals surface area contributed by atoms with Crippen LogP contribution in [-0.4, -0.2) is 35.1 Å². The minimum Gasteiger partial charge on any atom is -0.394 e. The molecule has 0 bridgehead atoms. The van der Waals surface area contributed by atoms with E-state index in [-0.39, 0.29) is 6.61 Å². The Morgan fingerprint density at radius 3 is 1.27 bits per heavy atom. The van der Waals surface area contributed by atoms with Crippen molar-refractivity contribution in [1.82, 2.24) is 0 Å². The summed E-state index contributed by atoms with van der Waals surface area (Å²) in [5.41, 5.74) is -0.695. The molecule has 3 nitrogen and oxygen atoms in total. The molecule has 0 saturated heterocycles. The van der Waals surface area contributed by atoms with Crippen LogP contribution in [0.3, 0.4) is 0 Å². The average Bonchev–Trinajstić information content (AvgIpc) is 3.05. The molecule has 2 N–H and O–H groups in total. The fourth-order valence-electron chi connectivity index (χ4n) is 6.34. The van der Waals surface area contributed by atoms with E-state index in [4.69, 9.17) is 4.74 Å². The summed E-state index contributed by atoms with van der Waals surface area (Å²) in [6, 6.07) is 0. The maximum Gasteiger partial charge on any atom is 0.106 e. The van der Waals surface area contributed by atoms with Gasteiger partial charge in [0.25, 0.3) is 0 Å². The van der Waals surface area contributed by atoms with Crippen molar-refractivity contribution in [3.8, 4) is 0 Å². The molecule has 0 aliphatic carbocycles. The number of aliphatic hydroxyl groups is 2. The lowest BCUT2D eigenvalue weighted by Crippen LogP contribution is -2.47. The van der Waals surface area contributed by atoms with Gasteiger partial charge >= 0.3 is 0 Å². The molecule has 0 fully saturated rings. The molecular weight excluding hydrogens is 552 g/mol. The lowest BCUT2D eigenvalue weighted by atomic mass is 9.86. The van der Waals surface area contributed by atoms with Gasteiger partial charge in [-0.05, 0) is 70.6 Å².